The second-order valence-electron chi connectivity index (χ2n) is 4.17. The zero-order chi connectivity index (χ0) is 12.0. The van der Waals surface area contributed by atoms with Gasteiger partial charge in [-0.2, -0.15) is 16.9 Å². The van der Waals surface area contributed by atoms with E-state index >= 15 is 0 Å². The molecule has 0 fully saturated rings. The topological polar surface area (TPSA) is 29.9 Å². The van der Waals surface area contributed by atoms with Crippen molar-refractivity contribution in [2.45, 2.75) is 32.7 Å². The fourth-order valence-corrected chi connectivity index (χ4v) is 2.75. The number of hydrogen-bond acceptors (Lipinski definition) is 3. The molecule has 1 aromatic rings. The molecule has 0 radical (unpaired) electrons. The van der Waals surface area contributed by atoms with Gasteiger partial charge in [0.2, 0.25) is 0 Å². The molecule has 0 aliphatic heterocycles. The average molecular weight is 241 g/mol. The molecule has 0 aromatic carbocycles. The number of thioether (sulfide) groups is 1. The zero-order valence-electron chi connectivity index (χ0n) is 10.8. The van der Waals surface area contributed by atoms with E-state index in [1.165, 1.54) is 23.6 Å². The van der Waals surface area contributed by atoms with Gasteiger partial charge < -0.3 is 5.32 Å². The first-order chi connectivity index (χ1) is 7.67. The predicted molar refractivity (Wildman–Crippen MR) is 72.1 cm³/mol. The molecule has 0 bridgehead atoms. The van der Waals surface area contributed by atoms with Gasteiger partial charge in [0.15, 0.2) is 0 Å². The highest BCUT2D eigenvalue weighted by atomic mass is 32.2. The van der Waals surface area contributed by atoms with Crippen LogP contribution in [0, 0.1) is 6.92 Å². The molecule has 16 heavy (non-hydrogen) atoms. The molecule has 0 spiro atoms. The van der Waals surface area contributed by atoms with Crippen molar-refractivity contribution < 1.29 is 0 Å². The molecule has 0 saturated heterocycles. The minimum Gasteiger partial charge on any atom is -0.316 e. The Morgan fingerprint density at radius 3 is 2.81 bits per heavy atom. The number of aryl methyl sites for hydroxylation is 2. The van der Waals surface area contributed by atoms with Crippen LogP contribution in [0.4, 0.5) is 0 Å². The van der Waals surface area contributed by atoms with Crippen LogP contribution in [0.3, 0.4) is 0 Å². The average Bonchev–Trinajstić information content (AvgIpc) is 2.56. The van der Waals surface area contributed by atoms with E-state index in [4.69, 9.17) is 0 Å². The monoisotopic (exact) mass is 241 g/mol. The van der Waals surface area contributed by atoms with Gasteiger partial charge in [-0.05, 0) is 32.2 Å². The summed E-state index contributed by atoms with van der Waals surface area (Å²) >= 11 is 2.03. The number of hydrogen-bond donors (Lipinski definition) is 1. The lowest BCUT2D eigenvalue weighted by Crippen LogP contribution is -2.31. The lowest BCUT2D eigenvalue weighted by Gasteiger charge is -2.15. The van der Waals surface area contributed by atoms with Gasteiger partial charge in [-0.3, -0.25) is 4.68 Å². The first-order valence-electron chi connectivity index (χ1n) is 5.91. The van der Waals surface area contributed by atoms with E-state index in [9.17, 15) is 0 Å². The van der Waals surface area contributed by atoms with E-state index in [0.29, 0.717) is 6.04 Å². The predicted octanol–water partition coefficient (Wildman–Crippen LogP) is 2.00. The maximum Gasteiger partial charge on any atom is 0.0596 e. The Morgan fingerprint density at radius 1 is 1.56 bits per heavy atom. The molecular formula is C12H23N3S. The molecule has 0 amide bonds. The summed E-state index contributed by atoms with van der Waals surface area (Å²) in [5.74, 6) is 2.43. The summed E-state index contributed by atoms with van der Waals surface area (Å²) in [7, 11) is 4.06. The third kappa shape index (κ3) is 4.18. The lowest BCUT2D eigenvalue weighted by atomic mass is 10.2. The van der Waals surface area contributed by atoms with E-state index in [0.717, 1.165) is 12.1 Å². The molecule has 0 aliphatic rings. The number of rotatable bonds is 7. The third-order valence-electron chi connectivity index (χ3n) is 2.63. The fourth-order valence-electron chi connectivity index (χ4n) is 1.72. The van der Waals surface area contributed by atoms with Crippen LogP contribution in [-0.4, -0.2) is 34.4 Å². The smallest absolute Gasteiger partial charge is 0.0596 e. The van der Waals surface area contributed by atoms with Crippen LogP contribution in [0.1, 0.15) is 24.7 Å². The van der Waals surface area contributed by atoms with Gasteiger partial charge in [-0.25, -0.2) is 0 Å². The zero-order valence-corrected chi connectivity index (χ0v) is 11.6. The molecule has 1 N–H and O–H groups in total. The number of nitrogens with one attached hydrogen (secondary N) is 1. The molecule has 1 aromatic heterocycles. The Bertz CT molecular complexity index is 309. The van der Waals surface area contributed by atoms with Crippen molar-refractivity contribution in [1.29, 1.82) is 0 Å². The molecule has 0 aliphatic carbocycles. The van der Waals surface area contributed by atoms with E-state index in [1.807, 2.05) is 37.5 Å². The quantitative estimate of drug-likeness (QED) is 0.741. The summed E-state index contributed by atoms with van der Waals surface area (Å²) in [5.41, 5.74) is 2.42. The van der Waals surface area contributed by atoms with Crippen molar-refractivity contribution in [2.24, 2.45) is 7.05 Å². The maximum atomic E-state index is 4.38. The number of likely N-dealkylation sites (N-methyl/N-ethyl adjacent to an activating group) is 1. The minimum absolute atomic E-state index is 0.548. The van der Waals surface area contributed by atoms with Crippen LogP contribution < -0.4 is 5.32 Å². The van der Waals surface area contributed by atoms with Crippen molar-refractivity contribution in [3.63, 3.8) is 0 Å². The Morgan fingerprint density at radius 2 is 2.31 bits per heavy atom. The standard InChI is InChI=1S/C12H23N3S/c1-5-6-16-9-11(13-3)8-12-7-10(2)14-15(12)4/h7,11,13H,5-6,8-9H2,1-4H3. The van der Waals surface area contributed by atoms with Crippen LogP contribution >= 0.6 is 11.8 Å². The minimum atomic E-state index is 0.548. The molecule has 3 nitrogen and oxygen atoms in total. The van der Waals surface area contributed by atoms with Crippen molar-refractivity contribution in [2.75, 3.05) is 18.6 Å². The van der Waals surface area contributed by atoms with Gasteiger partial charge in [-0.15, -0.1) is 0 Å². The van der Waals surface area contributed by atoms with Crippen molar-refractivity contribution in [3.8, 4) is 0 Å². The van der Waals surface area contributed by atoms with Gasteiger partial charge in [0.05, 0.1) is 5.69 Å². The Balaban J connectivity index is 2.46. The van der Waals surface area contributed by atoms with Crippen molar-refractivity contribution >= 4 is 11.8 Å². The van der Waals surface area contributed by atoms with E-state index in [1.54, 1.807) is 0 Å². The van der Waals surface area contributed by atoms with Crippen LogP contribution in [-0.2, 0) is 13.5 Å². The first-order valence-corrected chi connectivity index (χ1v) is 7.07. The summed E-state index contributed by atoms with van der Waals surface area (Å²) in [6.45, 7) is 4.27. The molecule has 0 saturated carbocycles. The molecule has 1 atom stereocenters. The maximum absolute atomic E-state index is 4.38. The molecule has 1 heterocycles. The van der Waals surface area contributed by atoms with Crippen molar-refractivity contribution in [3.05, 3.63) is 17.5 Å². The van der Waals surface area contributed by atoms with E-state index in [2.05, 4.69) is 23.4 Å². The normalized spacial score (nSPS) is 13.0. The van der Waals surface area contributed by atoms with Crippen LogP contribution in [0.15, 0.2) is 6.07 Å². The highest BCUT2D eigenvalue weighted by Crippen LogP contribution is 2.10. The summed E-state index contributed by atoms with van der Waals surface area (Å²) < 4.78 is 1.99. The van der Waals surface area contributed by atoms with Gasteiger partial charge >= 0.3 is 0 Å². The summed E-state index contributed by atoms with van der Waals surface area (Å²) in [6, 6.07) is 2.72. The van der Waals surface area contributed by atoms with Crippen LogP contribution in [0.25, 0.3) is 0 Å². The van der Waals surface area contributed by atoms with Gasteiger partial charge in [0.25, 0.3) is 0 Å². The molecule has 1 rings (SSSR count). The third-order valence-corrected chi connectivity index (χ3v) is 3.97. The molecule has 1 unspecified atom stereocenters. The van der Waals surface area contributed by atoms with Gasteiger partial charge in [0.1, 0.15) is 0 Å². The Hall–Kier alpha value is -0.480. The molecule has 4 heteroatoms. The second-order valence-corrected chi connectivity index (χ2v) is 5.32. The molecular weight excluding hydrogens is 218 g/mol. The fraction of sp³-hybridized carbons (Fsp3) is 0.750. The van der Waals surface area contributed by atoms with Gasteiger partial charge in [-0.1, -0.05) is 6.92 Å². The highest BCUT2D eigenvalue weighted by Gasteiger charge is 2.10. The SMILES string of the molecule is CCCSCC(Cc1cc(C)nn1C)NC. The lowest BCUT2D eigenvalue weighted by molar-refractivity contribution is 0.581. The summed E-state index contributed by atoms with van der Waals surface area (Å²) in [4.78, 5) is 0. The number of aromatic nitrogens is 2. The summed E-state index contributed by atoms with van der Waals surface area (Å²) in [5, 5.41) is 7.76. The second kappa shape index (κ2) is 6.97. The Kier molecular flexibility index (Phi) is 5.91. The molecule has 92 valence electrons. The van der Waals surface area contributed by atoms with E-state index in [-0.39, 0.29) is 0 Å². The van der Waals surface area contributed by atoms with Gasteiger partial charge in [0, 0.05) is 31.0 Å². The first kappa shape index (κ1) is 13.6. The summed E-state index contributed by atoms with van der Waals surface area (Å²) in [6.07, 6.45) is 2.32. The Labute approximate surface area is 103 Å². The highest BCUT2D eigenvalue weighted by molar-refractivity contribution is 7.99. The van der Waals surface area contributed by atoms with Crippen LogP contribution in [0.2, 0.25) is 0 Å². The largest absolute Gasteiger partial charge is 0.316 e. The van der Waals surface area contributed by atoms with E-state index < -0.39 is 0 Å². The number of nitrogens with zero attached hydrogens (tertiary/aromatic N) is 2. The van der Waals surface area contributed by atoms with Crippen molar-refractivity contribution in [1.82, 2.24) is 15.1 Å². The van der Waals surface area contributed by atoms with Crippen LogP contribution in [0.5, 0.6) is 0 Å².